The third-order valence-electron chi connectivity index (χ3n) is 7.17. The molecule has 0 aromatic carbocycles. The minimum atomic E-state index is -0.149. The van der Waals surface area contributed by atoms with E-state index in [9.17, 15) is 9.59 Å². The van der Waals surface area contributed by atoms with Gasteiger partial charge in [0.1, 0.15) is 5.69 Å². The Morgan fingerprint density at radius 3 is 2.65 bits per heavy atom. The number of nitrogens with one attached hydrogen (secondary N) is 3. The van der Waals surface area contributed by atoms with E-state index in [-0.39, 0.29) is 23.9 Å². The van der Waals surface area contributed by atoms with Gasteiger partial charge in [-0.25, -0.2) is 4.98 Å². The predicted octanol–water partition coefficient (Wildman–Crippen LogP) is 0.907. The summed E-state index contributed by atoms with van der Waals surface area (Å²) in [6.07, 6.45) is 4.30. The fourth-order valence-electron chi connectivity index (χ4n) is 5.38. The standard InChI is InChI=1S/C23H36N6O2/c1-4-17-23(31)27-20-13-16(5-6-18(20)26-17)14-28-9-11-29(12-10-28)21-8-7-19(22(30)24-3)25-15(21)2/h7-8,16-18,20,26H,4-6,9-14H2,1-3H3,(H,24,30)(H,27,31). The Hall–Kier alpha value is -2.19. The van der Waals surface area contributed by atoms with Gasteiger partial charge in [0.25, 0.3) is 5.91 Å². The minimum absolute atomic E-state index is 0.0192. The molecule has 0 spiro atoms. The molecule has 8 nitrogen and oxygen atoms in total. The monoisotopic (exact) mass is 428 g/mol. The molecule has 170 valence electrons. The summed E-state index contributed by atoms with van der Waals surface area (Å²) in [5.41, 5.74) is 2.49. The van der Waals surface area contributed by atoms with Crippen molar-refractivity contribution < 1.29 is 9.59 Å². The first kappa shape index (κ1) is 22.0. The van der Waals surface area contributed by atoms with Crippen molar-refractivity contribution in [3.8, 4) is 0 Å². The molecule has 0 radical (unpaired) electrons. The molecule has 2 saturated heterocycles. The summed E-state index contributed by atoms with van der Waals surface area (Å²) in [7, 11) is 1.62. The lowest BCUT2D eigenvalue weighted by Crippen LogP contribution is -2.65. The van der Waals surface area contributed by atoms with Crippen LogP contribution in [0.5, 0.6) is 0 Å². The van der Waals surface area contributed by atoms with Gasteiger partial charge in [-0.2, -0.15) is 0 Å². The van der Waals surface area contributed by atoms with E-state index in [4.69, 9.17) is 0 Å². The molecule has 3 heterocycles. The first-order valence-electron chi connectivity index (χ1n) is 11.7. The van der Waals surface area contributed by atoms with Crippen LogP contribution in [-0.4, -0.2) is 79.6 Å². The van der Waals surface area contributed by atoms with Gasteiger partial charge >= 0.3 is 0 Å². The predicted molar refractivity (Wildman–Crippen MR) is 121 cm³/mol. The van der Waals surface area contributed by atoms with Gasteiger partial charge in [-0.05, 0) is 50.7 Å². The van der Waals surface area contributed by atoms with Gasteiger partial charge in [-0.15, -0.1) is 0 Å². The highest BCUT2D eigenvalue weighted by Crippen LogP contribution is 2.29. The smallest absolute Gasteiger partial charge is 0.269 e. The van der Waals surface area contributed by atoms with Crippen LogP contribution in [0.1, 0.15) is 48.8 Å². The van der Waals surface area contributed by atoms with Crippen LogP contribution in [0.4, 0.5) is 5.69 Å². The summed E-state index contributed by atoms with van der Waals surface area (Å²) in [6, 6.07) is 4.52. The van der Waals surface area contributed by atoms with Crippen molar-refractivity contribution in [1.82, 2.24) is 25.8 Å². The Morgan fingerprint density at radius 2 is 1.97 bits per heavy atom. The third-order valence-corrected chi connectivity index (χ3v) is 7.17. The lowest BCUT2D eigenvalue weighted by atomic mass is 9.80. The van der Waals surface area contributed by atoms with Crippen LogP contribution in [0.3, 0.4) is 0 Å². The Labute approximate surface area is 185 Å². The van der Waals surface area contributed by atoms with Crippen LogP contribution in [0.2, 0.25) is 0 Å². The number of nitrogens with zero attached hydrogens (tertiary/aromatic N) is 3. The van der Waals surface area contributed by atoms with E-state index in [0.29, 0.717) is 17.7 Å². The third kappa shape index (κ3) is 4.85. The van der Waals surface area contributed by atoms with Crippen LogP contribution in [0, 0.1) is 12.8 Å². The van der Waals surface area contributed by atoms with Crippen LogP contribution >= 0.6 is 0 Å². The molecule has 2 aliphatic heterocycles. The van der Waals surface area contributed by atoms with E-state index in [0.717, 1.165) is 63.4 Å². The van der Waals surface area contributed by atoms with E-state index >= 15 is 0 Å². The van der Waals surface area contributed by atoms with Gasteiger partial charge in [0, 0.05) is 51.9 Å². The molecule has 0 bridgehead atoms. The topological polar surface area (TPSA) is 89.6 Å². The number of aromatic nitrogens is 1. The Balaban J connectivity index is 1.27. The maximum Gasteiger partial charge on any atom is 0.269 e. The molecule has 31 heavy (non-hydrogen) atoms. The van der Waals surface area contributed by atoms with Crippen LogP contribution in [0.25, 0.3) is 0 Å². The fraction of sp³-hybridized carbons (Fsp3) is 0.696. The first-order valence-corrected chi connectivity index (χ1v) is 11.7. The number of anilines is 1. The number of piperazine rings is 2. The number of carbonyl (C=O) groups is 2. The summed E-state index contributed by atoms with van der Waals surface area (Å²) in [5.74, 6) is 0.663. The van der Waals surface area contributed by atoms with E-state index in [2.05, 4.69) is 37.7 Å². The van der Waals surface area contributed by atoms with Crippen LogP contribution in [0.15, 0.2) is 12.1 Å². The fourth-order valence-corrected chi connectivity index (χ4v) is 5.38. The molecule has 2 amide bonds. The van der Waals surface area contributed by atoms with E-state index < -0.39 is 0 Å². The van der Waals surface area contributed by atoms with Crippen molar-refractivity contribution in [2.45, 2.75) is 57.7 Å². The Morgan fingerprint density at radius 1 is 1.19 bits per heavy atom. The van der Waals surface area contributed by atoms with E-state index in [1.165, 1.54) is 6.42 Å². The number of hydrogen-bond donors (Lipinski definition) is 3. The largest absolute Gasteiger partial charge is 0.368 e. The van der Waals surface area contributed by atoms with Crippen LogP contribution < -0.4 is 20.9 Å². The van der Waals surface area contributed by atoms with Gasteiger partial charge in [-0.1, -0.05) is 6.92 Å². The highest BCUT2D eigenvalue weighted by Gasteiger charge is 2.38. The quantitative estimate of drug-likeness (QED) is 0.646. The van der Waals surface area contributed by atoms with Crippen molar-refractivity contribution in [3.63, 3.8) is 0 Å². The van der Waals surface area contributed by atoms with Gasteiger partial charge in [0.2, 0.25) is 5.91 Å². The molecule has 1 aromatic rings. The average Bonchev–Trinajstić information content (AvgIpc) is 2.78. The Bertz CT molecular complexity index is 807. The van der Waals surface area contributed by atoms with Crippen molar-refractivity contribution in [1.29, 1.82) is 0 Å². The Kier molecular flexibility index (Phi) is 6.77. The second-order valence-corrected chi connectivity index (χ2v) is 9.20. The van der Waals surface area contributed by atoms with Gasteiger partial charge in [0.05, 0.1) is 17.4 Å². The summed E-state index contributed by atoms with van der Waals surface area (Å²) in [4.78, 5) is 33.5. The average molecular weight is 429 g/mol. The molecule has 3 N–H and O–H groups in total. The summed E-state index contributed by atoms with van der Waals surface area (Å²) in [6.45, 7) is 9.15. The van der Waals surface area contributed by atoms with Crippen molar-refractivity contribution >= 4 is 17.5 Å². The molecular formula is C23H36N6O2. The highest BCUT2D eigenvalue weighted by atomic mass is 16.2. The number of pyridine rings is 1. The molecule has 3 aliphatic rings. The van der Waals surface area contributed by atoms with Crippen molar-refractivity contribution in [2.75, 3.05) is 44.7 Å². The maximum absolute atomic E-state index is 12.2. The normalized spacial score (nSPS) is 29.3. The molecule has 8 heteroatoms. The minimum Gasteiger partial charge on any atom is -0.368 e. The van der Waals surface area contributed by atoms with Gasteiger partial charge in [-0.3, -0.25) is 14.5 Å². The van der Waals surface area contributed by atoms with Gasteiger partial charge in [0.15, 0.2) is 0 Å². The number of fused-ring (bicyclic) bond motifs is 1. The van der Waals surface area contributed by atoms with E-state index in [1.807, 2.05) is 19.1 Å². The highest BCUT2D eigenvalue weighted by molar-refractivity contribution is 5.92. The molecule has 1 saturated carbocycles. The molecule has 1 aliphatic carbocycles. The van der Waals surface area contributed by atoms with Crippen molar-refractivity contribution in [3.05, 3.63) is 23.5 Å². The number of aryl methyl sites for hydroxylation is 1. The number of hydrogen-bond acceptors (Lipinski definition) is 6. The van der Waals surface area contributed by atoms with Crippen LogP contribution in [-0.2, 0) is 4.79 Å². The van der Waals surface area contributed by atoms with Crippen molar-refractivity contribution in [2.24, 2.45) is 5.92 Å². The summed E-state index contributed by atoms with van der Waals surface area (Å²) < 4.78 is 0. The lowest BCUT2D eigenvalue weighted by Gasteiger charge is -2.44. The zero-order valence-electron chi connectivity index (χ0n) is 19.0. The first-order chi connectivity index (χ1) is 15.0. The second-order valence-electron chi connectivity index (χ2n) is 9.20. The second kappa shape index (κ2) is 9.53. The molecule has 1 aromatic heterocycles. The number of carbonyl (C=O) groups excluding carboxylic acids is 2. The van der Waals surface area contributed by atoms with Gasteiger partial charge < -0.3 is 20.9 Å². The van der Waals surface area contributed by atoms with E-state index in [1.54, 1.807) is 7.05 Å². The SMILES string of the molecule is CCC1NC2CCC(CN3CCN(c4ccc(C(=O)NC)nc4C)CC3)CC2NC1=O. The molecule has 4 atom stereocenters. The summed E-state index contributed by atoms with van der Waals surface area (Å²) >= 11 is 0. The zero-order valence-corrected chi connectivity index (χ0v) is 19.0. The summed E-state index contributed by atoms with van der Waals surface area (Å²) in [5, 5.41) is 9.46. The molecule has 3 fully saturated rings. The number of amides is 2. The molecular weight excluding hydrogens is 392 g/mol. The molecule has 4 rings (SSSR count). The maximum atomic E-state index is 12.2. The molecule has 4 unspecified atom stereocenters. The zero-order chi connectivity index (χ0) is 22.0. The number of rotatable bonds is 5. The lowest BCUT2D eigenvalue weighted by molar-refractivity contribution is -0.127.